The maximum atomic E-state index is 13.4. The maximum Gasteiger partial charge on any atom is 0.254 e. The Labute approximate surface area is 219 Å². The van der Waals surface area contributed by atoms with E-state index >= 15 is 0 Å². The summed E-state index contributed by atoms with van der Waals surface area (Å²) < 4.78 is 0. The summed E-state index contributed by atoms with van der Waals surface area (Å²) in [6, 6.07) is 23.2. The van der Waals surface area contributed by atoms with Crippen LogP contribution < -0.4 is 10.6 Å². The summed E-state index contributed by atoms with van der Waals surface area (Å²) in [5.41, 5.74) is 3.58. The zero-order valence-electron chi connectivity index (χ0n) is 20.0. The van der Waals surface area contributed by atoms with Gasteiger partial charge in [-0.3, -0.25) is 9.59 Å². The number of allylic oxidation sites excluding steroid dienone is 1. The number of nitrogens with zero attached hydrogens (tertiary/aromatic N) is 2. The van der Waals surface area contributed by atoms with Crippen LogP contribution in [-0.4, -0.2) is 22.6 Å². The van der Waals surface area contributed by atoms with Gasteiger partial charge in [-0.1, -0.05) is 55.1 Å². The molecule has 3 aromatic rings. The van der Waals surface area contributed by atoms with Crippen molar-refractivity contribution in [3.8, 4) is 6.07 Å². The predicted octanol–water partition coefficient (Wildman–Crippen LogP) is 6.23. The summed E-state index contributed by atoms with van der Waals surface area (Å²) in [5, 5.41) is 18.5. The summed E-state index contributed by atoms with van der Waals surface area (Å²) in [7, 11) is 0. The van der Waals surface area contributed by atoms with Gasteiger partial charge in [0.25, 0.3) is 5.91 Å². The lowest BCUT2D eigenvalue weighted by molar-refractivity contribution is -0.114. The van der Waals surface area contributed by atoms with Crippen LogP contribution >= 0.6 is 23.1 Å². The number of thioether (sulfide) groups is 1. The fourth-order valence-electron chi connectivity index (χ4n) is 4.09. The molecule has 1 aliphatic heterocycles. The van der Waals surface area contributed by atoms with Crippen molar-refractivity contribution in [3.05, 3.63) is 93.8 Å². The monoisotopic (exact) mass is 514 g/mol. The van der Waals surface area contributed by atoms with Crippen molar-refractivity contribution in [3.63, 3.8) is 0 Å². The average molecular weight is 515 g/mol. The number of benzene rings is 2. The van der Waals surface area contributed by atoms with Gasteiger partial charge >= 0.3 is 0 Å². The van der Waals surface area contributed by atoms with Gasteiger partial charge in [0.15, 0.2) is 0 Å². The molecule has 4 rings (SSSR count). The molecule has 182 valence electrons. The van der Waals surface area contributed by atoms with E-state index in [4.69, 9.17) is 0 Å². The first-order chi connectivity index (χ1) is 17.5. The lowest BCUT2D eigenvalue weighted by Gasteiger charge is -2.29. The molecule has 0 spiro atoms. The van der Waals surface area contributed by atoms with Crippen molar-refractivity contribution in [2.75, 3.05) is 16.4 Å². The number of para-hydroxylation sites is 1. The highest BCUT2D eigenvalue weighted by Gasteiger charge is 2.39. The number of aliphatic imine (C=N–C) groups is 1. The molecule has 0 aliphatic carbocycles. The van der Waals surface area contributed by atoms with Crippen LogP contribution in [0.15, 0.2) is 88.4 Å². The quantitative estimate of drug-likeness (QED) is 0.391. The minimum atomic E-state index is -0.676. The number of hydrogen-bond donors (Lipinski definition) is 2. The van der Waals surface area contributed by atoms with E-state index in [9.17, 15) is 14.9 Å². The summed E-state index contributed by atoms with van der Waals surface area (Å²) in [4.78, 5) is 31.6. The first-order valence-electron chi connectivity index (χ1n) is 11.6. The van der Waals surface area contributed by atoms with Crippen LogP contribution in [0.2, 0.25) is 0 Å². The van der Waals surface area contributed by atoms with Gasteiger partial charge in [-0.15, -0.1) is 11.3 Å². The second-order valence-electron chi connectivity index (χ2n) is 8.26. The average Bonchev–Trinajstić information content (AvgIpc) is 3.42. The zero-order chi connectivity index (χ0) is 25.5. The van der Waals surface area contributed by atoms with Gasteiger partial charge in [0.2, 0.25) is 5.91 Å². The van der Waals surface area contributed by atoms with E-state index in [1.807, 2.05) is 72.1 Å². The number of hydrogen-bond acceptors (Lipinski definition) is 6. The van der Waals surface area contributed by atoms with E-state index in [0.717, 1.165) is 22.5 Å². The van der Waals surface area contributed by atoms with Crippen LogP contribution in [0.5, 0.6) is 0 Å². The fourth-order valence-corrected chi connectivity index (χ4v) is 5.88. The SMILES string of the molecule is CCc1cccc(NC(=O)CSC2=NC(C)=C(C(=O)Nc3ccccc3)C(c3cccs3)C2C#N)c1. The second-order valence-corrected chi connectivity index (χ2v) is 10.2. The van der Waals surface area contributed by atoms with E-state index in [-0.39, 0.29) is 17.6 Å². The Kier molecular flexibility index (Phi) is 8.36. The lowest BCUT2D eigenvalue weighted by Crippen LogP contribution is -2.31. The number of thiophene rings is 1. The third-order valence-corrected chi connectivity index (χ3v) is 7.82. The maximum absolute atomic E-state index is 13.4. The third kappa shape index (κ3) is 5.93. The van der Waals surface area contributed by atoms with Crippen LogP contribution in [0.3, 0.4) is 0 Å². The predicted molar refractivity (Wildman–Crippen MR) is 148 cm³/mol. The van der Waals surface area contributed by atoms with Gasteiger partial charge in [0.1, 0.15) is 5.92 Å². The molecule has 0 fully saturated rings. The van der Waals surface area contributed by atoms with E-state index in [2.05, 4.69) is 28.6 Å². The first kappa shape index (κ1) is 25.4. The number of carbonyl (C=O) groups excluding carboxylic acids is 2. The van der Waals surface area contributed by atoms with Crippen LogP contribution in [-0.2, 0) is 16.0 Å². The van der Waals surface area contributed by atoms with Crippen LogP contribution in [0.4, 0.5) is 11.4 Å². The Balaban J connectivity index is 1.57. The lowest BCUT2D eigenvalue weighted by atomic mass is 9.82. The Bertz CT molecular complexity index is 1340. The first-order valence-corrected chi connectivity index (χ1v) is 13.5. The molecule has 1 aromatic heterocycles. The van der Waals surface area contributed by atoms with E-state index in [1.54, 1.807) is 6.92 Å². The summed E-state index contributed by atoms with van der Waals surface area (Å²) in [6.07, 6.45) is 0.884. The molecule has 0 radical (unpaired) electrons. The highest BCUT2D eigenvalue weighted by molar-refractivity contribution is 8.14. The molecule has 0 saturated carbocycles. The Morgan fingerprint density at radius 1 is 1.06 bits per heavy atom. The smallest absolute Gasteiger partial charge is 0.254 e. The number of nitriles is 1. The molecule has 1 aliphatic rings. The number of rotatable bonds is 7. The molecule has 36 heavy (non-hydrogen) atoms. The number of amides is 2. The van der Waals surface area contributed by atoms with Gasteiger partial charge < -0.3 is 10.6 Å². The Morgan fingerprint density at radius 3 is 2.53 bits per heavy atom. The highest BCUT2D eigenvalue weighted by Crippen LogP contribution is 2.43. The van der Waals surface area contributed by atoms with Crippen molar-refractivity contribution in [1.82, 2.24) is 0 Å². The van der Waals surface area contributed by atoms with Crippen molar-refractivity contribution < 1.29 is 9.59 Å². The van der Waals surface area contributed by atoms with Gasteiger partial charge in [0, 0.05) is 33.4 Å². The van der Waals surface area contributed by atoms with Crippen molar-refractivity contribution in [2.45, 2.75) is 26.2 Å². The second kappa shape index (κ2) is 11.8. The molecule has 2 N–H and O–H groups in total. The summed E-state index contributed by atoms with van der Waals surface area (Å²) >= 11 is 2.74. The normalized spacial score (nSPS) is 17.2. The summed E-state index contributed by atoms with van der Waals surface area (Å²) in [5.74, 6) is -1.48. The zero-order valence-corrected chi connectivity index (χ0v) is 21.7. The van der Waals surface area contributed by atoms with Gasteiger partial charge in [-0.25, -0.2) is 4.99 Å². The molecule has 8 heteroatoms. The highest BCUT2D eigenvalue weighted by atomic mass is 32.2. The summed E-state index contributed by atoms with van der Waals surface area (Å²) in [6.45, 7) is 3.85. The fraction of sp³-hybridized carbons (Fsp3) is 0.214. The molecule has 0 bridgehead atoms. The number of carbonyl (C=O) groups is 2. The minimum Gasteiger partial charge on any atom is -0.325 e. The van der Waals surface area contributed by atoms with Crippen molar-refractivity contribution in [1.29, 1.82) is 5.26 Å². The van der Waals surface area contributed by atoms with Crippen molar-refractivity contribution in [2.24, 2.45) is 10.9 Å². The molecule has 2 unspecified atom stereocenters. The van der Waals surface area contributed by atoms with Gasteiger partial charge in [0.05, 0.1) is 16.9 Å². The van der Waals surface area contributed by atoms with Gasteiger partial charge in [-0.05, 0) is 54.6 Å². The minimum absolute atomic E-state index is 0.114. The Hall–Kier alpha value is -3.67. The topological polar surface area (TPSA) is 94.3 Å². The van der Waals surface area contributed by atoms with E-state index in [0.29, 0.717) is 22.0 Å². The largest absolute Gasteiger partial charge is 0.325 e. The van der Waals surface area contributed by atoms with E-state index in [1.165, 1.54) is 23.1 Å². The molecule has 2 heterocycles. The molecule has 2 atom stereocenters. The van der Waals surface area contributed by atoms with Crippen molar-refractivity contribution >= 4 is 51.3 Å². The van der Waals surface area contributed by atoms with E-state index < -0.39 is 11.8 Å². The number of aryl methyl sites for hydroxylation is 1. The number of nitrogens with one attached hydrogen (secondary N) is 2. The molecular weight excluding hydrogens is 488 g/mol. The van der Waals surface area contributed by atoms with Crippen LogP contribution in [0.25, 0.3) is 0 Å². The molecule has 6 nitrogen and oxygen atoms in total. The van der Waals surface area contributed by atoms with Gasteiger partial charge in [-0.2, -0.15) is 5.26 Å². The number of anilines is 2. The molecule has 2 aromatic carbocycles. The Morgan fingerprint density at radius 2 is 1.83 bits per heavy atom. The van der Waals surface area contributed by atoms with Crippen LogP contribution in [0, 0.1) is 17.2 Å². The van der Waals surface area contributed by atoms with Crippen LogP contribution in [0.1, 0.15) is 30.2 Å². The third-order valence-electron chi connectivity index (χ3n) is 5.81. The molecule has 2 amide bonds. The molecular formula is C28H26N4O2S2. The standard InChI is InChI=1S/C28H26N4O2S2/c1-3-19-9-7-12-21(15-19)31-24(33)17-36-28-22(16-29)26(23-13-8-14-35-23)25(18(2)30-28)27(34)32-20-10-5-4-6-11-20/h4-15,22,26H,3,17H2,1-2H3,(H,31,33)(H,32,34). The molecule has 0 saturated heterocycles.